The third-order valence-corrected chi connectivity index (χ3v) is 6.24. The van der Waals surface area contributed by atoms with Gasteiger partial charge in [-0.2, -0.15) is 0 Å². The lowest BCUT2D eigenvalue weighted by atomic mass is 10.2. The van der Waals surface area contributed by atoms with Crippen LogP contribution in [0.4, 0.5) is 17.1 Å². The van der Waals surface area contributed by atoms with Crippen LogP contribution in [0.2, 0.25) is 0 Å². The molecule has 0 saturated carbocycles. The smallest absolute Gasteiger partial charge is 0.244 e. The minimum atomic E-state index is -0.0692. The molecule has 1 amide bonds. The molecule has 1 N–H and O–H groups in total. The Kier molecular flexibility index (Phi) is 7.04. The molecule has 1 heterocycles. The summed E-state index contributed by atoms with van der Waals surface area (Å²) in [5.74, 6) is -0.0692. The van der Waals surface area contributed by atoms with Gasteiger partial charge in [0, 0.05) is 28.4 Å². The highest BCUT2D eigenvalue weighted by molar-refractivity contribution is 7.99. The lowest BCUT2D eigenvalue weighted by Crippen LogP contribution is -2.25. The largest absolute Gasteiger partial charge is 0.339 e. The summed E-state index contributed by atoms with van der Waals surface area (Å²) in [5, 5.41) is 4.29. The Bertz CT molecular complexity index is 1220. The summed E-state index contributed by atoms with van der Waals surface area (Å²) >= 11 is 1.67. The van der Waals surface area contributed by atoms with Crippen LogP contribution < -0.4 is 10.2 Å². The predicted octanol–water partition coefficient (Wildman–Crippen LogP) is 6.72. The number of carbonyl (C=O) groups excluding carboxylic acids is 1. The molecule has 0 bridgehead atoms. The Balaban J connectivity index is 1.51. The number of aromatic nitrogens is 2. The van der Waals surface area contributed by atoms with Gasteiger partial charge >= 0.3 is 0 Å². The molecule has 1 aromatic heterocycles. The molecule has 0 atom stereocenters. The molecule has 33 heavy (non-hydrogen) atoms. The van der Waals surface area contributed by atoms with E-state index in [4.69, 9.17) is 4.98 Å². The van der Waals surface area contributed by atoms with Crippen molar-refractivity contribution >= 4 is 45.8 Å². The number of anilines is 3. The van der Waals surface area contributed by atoms with Crippen molar-refractivity contribution in [2.24, 2.45) is 0 Å². The van der Waals surface area contributed by atoms with Crippen LogP contribution in [-0.4, -0.2) is 26.8 Å². The minimum absolute atomic E-state index is 0.0692. The molecule has 0 aliphatic rings. The van der Waals surface area contributed by atoms with Gasteiger partial charge in [-0.25, -0.2) is 4.98 Å². The van der Waals surface area contributed by atoms with Gasteiger partial charge in [0.2, 0.25) is 5.91 Å². The molecule has 4 rings (SSSR count). The first-order chi connectivity index (χ1) is 15.9. The molecule has 0 spiro atoms. The van der Waals surface area contributed by atoms with E-state index in [-0.39, 0.29) is 12.5 Å². The van der Waals surface area contributed by atoms with Gasteiger partial charge in [0.15, 0.2) is 5.16 Å². The number of nitrogens with one attached hydrogen (secondary N) is 1. The zero-order valence-electron chi connectivity index (χ0n) is 19.5. The van der Waals surface area contributed by atoms with E-state index >= 15 is 0 Å². The molecular weight excluding hydrogens is 428 g/mol. The van der Waals surface area contributed by atoms with Crippen LogP contribution in [0.3, 0.4) is 0 Å². The highest BCUT2D eigenvalue weighted by atomic mass is 32.2. The first-order valence-electron chi connectivity index (χ1n) is 11.3. The maximum atomic E-state index is 12.9. The van der Waals surface area contributed by atoms with Crippen LogP contribution in [0.5, 0.6) is 0 Å². The van der Waals surface area contributed by atoms with Crippen molar-refractivity contribution in [3.63, 3.8) is 0 Å². The lowest BCUT2D eigenvalue weighted by Gasteiger charge is -2.29. The van der Waals surface area contributed by atoms with Crippen molar-refractivity contribution in [3.8, 4) is 0 Å². The topological polar surface area (TPSA) is 50.2 Å². The van der Waals surface area contributed by atoms with Gasteiger partial charge in [0.1, 0.15) is 6.54 Å². The summed E-state index contributed by atoms with van der Waals surface area (Å²) in [4.78, 5) is 19.9. The van der Waals surface area contributed by atoms with Crippen molar-refractivity contribution in [3.05, 3.63) is 78.9 Å². The molecule has 4 aromatic rings. The van der Waals surface area contributed by atoms with Crippen LogP contribution in [0.15, 0.2) is 84.0 Å². The number of para-hydroxylation sites is 3. The van der Waals surface area contributed by atoms with E-state index in [2.05, 4.69) is 62.2 Å². The van der Waals surface area contributed by atoms with E-state index in [9.17, 15) is 4.79 Å². The quantitative estimate of drug-likeness (QED) is 0.298. The molecule has 0 fully saturated rings. The SMILES string of the molecule is CC(C)Sc1nc2ccccc2n1CC(=O)Nc1ccc(N(c2ccccc2)C(C)C)cc1. The van der Waals surface area contributed by atoms with Crippen LogP contribution >= 0.6 is 11.8 Å². The summed E-state index contributed by atoms with van der Waals surface area (Å²) in [5.41, 5.74) is 4.90. The standard InChI is InChI=1S/C27H30N4OS/c1-19(2)31(22-10-6-5-7-11-22)23-16-14-21(15-17-23)28-26(32)18-30-25-13-9-8-12-24(25)29-27(30)33-20(3)4/h5-17,19-20H,18H2,1-4H3,(H,28,32). The van der Waals surface area contributed by atoms with Gasteiger partial charge in [0.05, 0.1) is 11.0 Å². The Hall–Kier alpha value is -3.25. The van der Waals surface area contributed by atoms with E-state index in [0.717, 1.165) is 33.3 Å². The van der Waals surface area contributed by atoms with E-state index in [1.165, 1.54) is 0 Å². The van der Waals surface area contributed by atoms with Crippen molar-refractivity contribution in [1.29, 1.82) is 0 Å². The van der Waals surface area contributed by atoms with E-state index in [0.29, 0.717) is 11.3 Å². The molecule has 3 aromatic carbocycles. The third-order valence-electron chi connectivity index (χ3n) is 5.24. The molecule has 0 aliphatic heterocycles. The lowest BCUT2D eigenvalue weighted by molar-refractivity contribution is -0.116. The monoisotopic (exact) mass is 458 g/mol. The van der Waals surface area contributed by atoms with Gasteiger partial charge in [-0.05, 0) is 62.4 Å². The second kappa shape index (κ2) is 10.1. The highest BCUT2D eigenvalue weighted by Crippen LogP contribution is 2.29. The highest BCUT2D eigenvalue weighted by Gasteiger charge is 2.16. The maximum absolute atomic E-state index is 12.9. The Morgan fingerprint density at radius 2 is 1.55 bits per heavy atom. The summed E-state index contributed by atoms with van der Waals surface area (Å²) in [6.07, 6.45) is 0. The first kappa shape index (κ1) is 22.9. The van der Waals surface area contributed by atoms with Crippen molar-refractivity contribution in [2.45, 2.75) is 50.7 Å². The van der Waals surface area contributed by atoms with Gasteiger partial charge in [-0.1, -0.05) is 55.9 Å². The summed E-state index contributed by atoms with van der Waals surface area (Å²) in [6, 6.07) is 26.6. The Morgan fingerprint density at radius 3 is 2.21 bits per heavy atom. The number of fused-ring (bicyclic) bond motifs is 1. The van der Waals surface area contributed by atoms with Crippen molar-refractivity contribution in [2.75, 3.05) is 10.2 Å². The minimum Gasteiger partial charge on any atom is -0.339 e. The summed E-state index contributed by atoms with van der Waals surface area (Å²) in [6.45, 7) is 8.83. The van der Waals surface area contributed by atoms with Crippen molar-refractivity contribution in [1.82, 2.24) is 9.55 Å². The fourth-order valence-electron chi connectivity index (χ4n) is 3.89. The molecule has 5 nitrogen and oxygen atoms in total. The maximum Gasteiger partial charge on any atom is 0.244 e. The molecular formula is C27H30N4OS. The second-order valence-corrected chi connectivity index (χ2v) is 10.1. The number of rotatable bonds is 8. The fraction of sp³-hybridized carbons (Fsp3) is 0.259. The normalized spacial score (nSPS) is 11.3. The number of hydrogen-bond acceptors (Lipinski definition) is 4. The zero-order valence-corrected chi connectivity index (χ0v) is 20.3. The van der Waals surface area contributed by atoms with Crippen LogP contribution in [0.25, 0.3) is 11.0 Å². The average molecular weight is 459 g/mol. The van der Waals surface area contributed by atoms with Gasteiger partial charge in [0.25, 0.3) is 0 Å². The fourth-order valence-corrected chi connectivity index (χ4v) is 4.75. The third kappa shape index (κ3) is 5.40. The molecule has 170 valence electrons. The number of benzene rings is 3. The van der Waals surface area contributed by atoms with E-state index < -0.39 is 0 Å². The Labute approximate surface area is 199 Å². The number of thioether (sulfide) groups is 1. The second-order valence-electron chi connectivity index (χ2n) is 8.53. The number of carbonyl (C=O) groups is 1. The number of nitrogens with zero attached hydrogens (tertiary/aromatic N) is 3. The van der Waals surface area contributed by atoms with Gasteiger partial charge in [-0.3, -0.25) is 4.79 Å². The number of amides is 1. The number of hydrogen-bond donors (Lipinski definition) is 1. The average Bonchev–Trinajstić information content (AvgIpc) is 3.12. The van der Waals surface area contributed by atoms with E-state index in [1.54, 1.807) is 11.8 Å². The summed E-state index contributed by atoms with van der Waals surface area (Å²) in [7, 11) is 0. The van der Waals surface area contributed by atoms with E-state index in [1.807, 2.05) is 59.2 Å². The number of imidazole rings is 1. The molecule has 0 aliphatic carbocycles. The predicted molar refractivity (Wildman–Crippen MR) is 140 cm³/mol. The first-order valence-corrected chi connectivity index (χ1v) is 12.2. The summed E-state index contributed by atoms with van der Waals surface area (Å²) < 4.78 is 2.00. The Morgan fingerprint density at radius 1 is 0.909 bits per heavy atom. The molecule has 6 heteroatoms. The molecule has 0 unspecified atom stereocenters. The molecule has 0 saturated heterocycles. The van der Waals surface area contributed by atoms with Gasteiger partial charge in [-0.15, -0.1) is 0 Å². The van der Waals surface area contributed by atoms with Crippen LogP contribution in [0, 0.1) is 0 Å². The van der Waals surface area contributed by atoms with Crippen molar-refractivity contribution < 1.29 is 4.79 Å². The zero-order chi connectivity index (χ0) is 23.4. The van der Waals surface area contributed by atoms with Gasteiger partial charge < -0.3 is 14.8 Å². The van der Waals surface area contributed by atoms with Crippen LogP contribution in [-0.2, 0) is 11.3 Å². The van der Waals surface area contributed by atoms with Crippen LogP contribution in [0.1, 0.15) is 27.7 Å². The molecule has 0 radical (unpaired) electrons.